The van der Waals surface area contributed by atoms with Gasteiger partial charge in [-0.05, 0) is 63.1 Å². The van der Waals surface area contributed by atoms with Gasteiger partial charge in [-0.3, -0.25) is 9.10 Å². The van der Waals surface area contributed by atoms with E-state index in [1.54, 1.807) is 13.0 Å². The standard InChI is InChI=1S/C23H29F3N2O5S/c1-16(2)33-12-6-11-27-22(29)15-28(19-8-5-7-18(14-19)23(24,25)26)34(30,31)21-13-17(3)9-10-20(21)32-4/h5,7-10,13-14,16H,6,11-12,15H2,1-4H3,(H,27,29). The average Bonchev–Trinajstić information content (AvgIpc) is 2.76. The average molecular weight is 503 g/mol. The van der Waals surface area contributed by atoms with Gasteiger partial charge in [-0.15, -0.1) is 0 Å². The van der Waals surface area contributed by atoms with Crippen molar-refractivity contribution < 1.29 is 35.9 Å². The van der Waals surface area contributed by atoms with Crippen molar-refractivity contribution in [3.05, 3.63) is 53.6 Å². The summed E-state index contributed by atoms with van der Waals surface area (Å²) in [6, 6.07) is 8.25. The first kappa shape index (κ1) is 27.5. The maximum Gasteiger partial charge on any atom is 0.416 e. The number of carbonyl (C=O) groups excluding carboxylic acids is 1. The fourth-order valence-electron chi connectivity index (χ4n) is 3.06. The smallest absolute Gasteiger partial charge is 0.416 e. The van der Waals surface area contributed by atoms with E-state index < -0.39 is 34.2 Å². The molecule has 2 aromatic carbocycles. The maximum absolute atomic E-state index is 13.6. The summed E-state index contributed by atoms with van der Waals surface area (Å²) in [6.07, 6.45) is -4.17. The van der Waals surface area contributed by atoms with Gasteiger partial charge in [0.1, 0.15) is 17.2 Å². The Morgan fingerprint density at radius 1 is 1.15 bits per heavy atom. The van der Waals surface area contributed by atoms with Gasteiger partial charge in [0.05, 0.1) is 24.5 Å². The SMILES string of the molecule is COc1ccc(C)cc1S(=O)(=O)N(CC(=O)NCCCOC(C)C)c1cccc(C(F)(F)F)c1. The molecule has 0 aliphatic heterocycles. The Morgan fingerprint density at radius 2 is 1.85 bits per heavy atom. The lowest BCUT2D eigenvalue weighted by molar-refractivity contribution is -0.137. The van der Waals surface area contributed by atoms with Crippen molar-refractivity contribution in [3.8, 4) is 5.75 Å². The highest BCUT2D eigenvalue weighted by molar-refractivity contribution is 7.93. The zero-order valence-electron chi connectivity index (χ0n) is 19.5. The third-order valence-electron chi connectivity index (χ3n) is 4.73. The summed E-state index contributed by atoms with van der Waals surface area (Å²) >= 11 is 0. The molecule has 0 saturated heterocycles. The minimum atomic E-state index is -4.69. The summed E-state index contributed by atoms with van der Waals surface area (Å²) in [7, 11) is -3.19. The molecule has 0 aromatic heterocycles. The number of methoxy groups -OCH3 is 1. The molecule has 1 N–H and O–H groups in total. The Hall–Kier alpha value is -2.79. The molecule has 0 fully saturated rings. The van der Waals surface area contributed by atoms with E-state index in [9.17, 15) is 26.4 Å². The van der Waals surface area contributed by atoms with Crippen LogP contribution in [0.3, 0.4) is 0 Å². The second-order valence-corrected chi connectivity index (χ2v) is 9.67. The summed E-state index contributed by atoms with van der Waals surface area (Å²) < 4.78 is 78.3. The molecule has 0 unspecified atom stereocenters. The number of ether oxygens (including phenoxy) is 2. The quantitative estimate of drug-likeness (QED) is 0.467. The molecule has 0 aliphatic carbocycles. The van der Waals surface area contributed by atoms with E-state index in [1.807, 2.05) is 13.8 Å². The Bertz CT molecular complexity index is 1090. The van der Waals surface area contributed by atoms with Crippen molar-refractivity contribution in [3.63, 3.8) is 0 Å². The second kappa shape index (κ2) is 11.6. The summed E-state index contributed by atoms with van der Waals surface area (Å²) in [6.45, 7) is 5.31. The van der Waals surface area contributed by atoms with Crippen molar-refractivity contribution in [2.75, 3.05) is 31.1 Å². The molecule has 1 amide bonds. The highest BCUT2D eigenvalue weighted by atomic mass is 32.2. The number of aryl methyl sites for hydroxylation is 1. The van der Waals surface area contributed by atoms with E-state index in [4.69, 9.17) is 9.47 Å². The number of benzene rings is 2. The number of nitrogens with one attached hydrogen (secondary N) is 1. The van der Waals surface area contributed by atoms with Crippen LogP contribution in [0.25, 0.3) is 0 Å². The summed E-state index contributed by atoms with van der Waals surface area (Å²) in [5, 5.41) is 2.59. The molecule has 11 heteroatoms. The van der Waals surface area contributed by atoms with Crippen molar-refractivity contribution in [1.29, 1.82) is 0 Å². The van der Waals surface area contributed by atoms with E-state index in [1.165, 1.54) is 25.3 Å². The monoisotopic (exact) mass is 502 g/mol. The van der Waals surface area contributed by atoms with Gasteiger partial charge >= 0.3 is 6.18 Å². The van der Waals surface area contributed by atoms with Crippen molar-refractivity contribution in [2.45, 2.75) is 44.4 Å². The number of amides is 1. The number of hydrogen-bond acceptors (Lipinski definition) is 5. The Morgan fingerprint density at radius 3 is 2.47 bits per heavy atom. The van der Waals surface area contributed by atoms with Gasteiger partial charge in [-0.25, -0.2) is 8.42 Å². The van der Waals surface area contributed by atoms with Gasteiger partial charge in [-0.2, -0.15) is 13.2 Å². The normalized spacial score (nSPS) is 12.0. The molecule has 0 bridgehead atoms. The van der Waals surface area contributed by atoms with Crippen LogP contribution in [0.5, 0.6) is 5.75 Å². The Labute approximate surface area is 197 Å². The number of hydrogen-bond donors (Lipinski definition) is 1. The Balaban J connectivity index is 2.41. The first-order valence-electron chi connectivity index (χ1n) is 10.6. The van der Waals surface area contributed by atoms with Gasteiger partial charge in [-0.1, -0.05) is 12.1 Å². The van der Waals surface area contributed by atoms with Gasteiger partial charge in [0.15, 0.2) is 0 Å². The van der Waals surface area contributed by atoms with E-state index >= 15 is 0 Å². The molecule has 188 valence electrons. The van der Waals surface area contributed by atoms with Crippen molar-refractivity contribution >= 4 is 21.6 Å². The minimum absolute atomic E-state index is 0.00817. The lowest BCUT2D eigenvalue weighted by Crippen LogP contribution is -2.41. The molecular formula is C23H29F3N2O5S. The van der Waals surface area contributed by atoms with Crippen LogP contribution in [-0.4, -0.2) is 47.2 Å². The molecule has 0 radical (unpaired) electrons. The van der Waals surface area contributed by atoms with Crippen molar-refractivity contribution in [2.24, 2.45) is 0 Å². The predicted molar refractivity (Wildman–Crippen MR) is 122 cm³/mol. The molecule has 2 aromatic rings. The fraction of sp³-hybridized carbons (Fsp3) is 0.435. The van der Waals surface area contributed by atoms with E-state index in [0.717, 1.165) is 12.1 Å². The summed E-state index contributed by atoms with van der Waals surface area (Å²) in [5.74, 6) is -0.661. The number of anilines is 1. The predicted octanol–water partition coefficient (Wildman–Crippen LogP) is 4.15. The molecule has 34 heavy (non-hydrogen) atoms. The van der Waals surface area contributed by atoms with Gasteiger partial charge in [0.2, 0.25) is 5.91 Å². The molecule has 7 nitrogen and oxygen atoms in total. The minimum Gasteiger partial charge on any atom is -0.495 e. The van der Waals surface area contributed by atoms with Crippen LogP contribution >= 0.6 is 0 Å². The number of nitrogens with zero attached hydrogens (tertiary/aromatic N) is 1. The molecule has 0 spiro atoms. The highest BCUT2D eigenvalue weighted by Gasteiger charge is 2.34. The first-order valence-corrected chi connectivity index (χ1v) is 12.0. The van der Waals surface area contributed by atoms with E-state index in [0.29, 0.717) is 29.0 Å². The van der Waals surface area contributed by atoms with E-state index in [-0.39, 0.29) is 29.0 Å². The maximum atomic E-state index is 13.6. The third-order valence-corrected chi connectivity index (χ3v) is 6.53. The topological polar surface area (TPSA) is 84.9 Å². The third kappa shape index (κ3) is 7.36. The van der Waals surface area contributed by atoms with Crippen LogP contribution in [0.2, 0.25) is 0 Å². The zero-order chi connectivity index (χ0) is 25.5. The van der Waals surface area contributed by atoms with Gasteiger partial charge in [0.25, 0.3) is 10.0 Å². The highest BCUT2D eigenvalue weighted by Crippen LogP contribution is 2.35. The van der Waals surface area contributed by atoms with Crippen LogP contribution < -0.4 is 14.4 Å². The molecule has 0 atom stereocenters. The van der Waals surface area contributed by atoms with E-state index in [2.05, 4.69) is 5.32 Å². The summed E-state index contributed by atoms with van der Waals surface area (Å²) in [5.41, 5.74) is -0.734. The second-order valence-electron chi connectivity index (χ2n) is 7.84. The Kier molecular flexibility index (Phi) is 9.34. The van der Waals surface area contributed by atoms with Crippen LogP contribution in [0.1, 0.15) is 31.4 Å². The molecule has 2 rings (SSSR count). The van der Waals surface area contributed by atoms with Crippen LogP contribution in [-0.2, 0) is 25.7 Å². The number of alkyl halides is 3. The van der Waals surface area contributed by atoms with Crippen LogP contribution in [0.4, 0.5) is 18.9 Å². The molecule has 0 saturated carbocycles. The number of halogens is 3. The zero-order valence-corrected chi connectivity index (χ0v) is 20.3. The largest absolute Gasteiger partial charge is 0.495 e. The number of carbonyl (C=O) groups is 1. The fourth-order valence-corrected chi connectivity index (χ4v) is 4.72. The first-order chi connectivity index (χ1) is 15.9. The van der Waals surface area contributed by atoms with Crippen molar-refractivity contribution in [1.82, 2.24) is 5.32 Å². The lowest BCUT2D eigenvalue weighted by atomic mass is 10.2. The molecular weight excluding hydrogens is 473 g/mol. The lowest BCUT2D eigenvalue weighted by Gasteiger charge is -2.26. The molecule has 0 heterocycles. The van der Waals surface area contributed by atoms with Gasteiger partial charge < -0.3 is 14.8 Å². The van der Waals surface area contributed by atoms with Gasteiger partial charge in [0, 0.05) is 13.2 Å². The van der Waals surface area contributed by atoms with Crippen LogP contribution in [0, 0.1) is 6.92 Å². The molecule has 0 aliphatic rings. The number of sulfonamides is 1. The number of rotatable bonds is 11. The summed E-state index contributed by atoms with van der Waals surface area (Å²) in [4.78, 5) is 12.3. The van der Waals surface area contributed by atoms with Crippen LogP contribution in [0.15, 0.2) is 47.4 Å².